The maximum absolute atomic E-state index is 3.51. The van der Waals surface area contributed by atoms with Crippen LogP contribution in [0.2, 0.25) is 0 Å². The van der Waals surface area contributed by atoms with E-state index in [4.69, 9.17) is 0 Å². The Balaban J connectivity index is 2.01. The van der Waals surface area contributed by atoms with Gasteiger partial charge < -0.3 is 10.6 Å². The summed E-state index contributed by atoms with van der Waals surface area (Å²) in [5.74, 6) is 0. The van der Waals surface area contributed by atoms with Crippen LogP contribution in [-0.4, -0.2) is 25.2 Å². The van der Waals surface area contributed by atoms with E-state index in [0.29, 0.717) is 6.04 Å². The van der Waals surface area contributed by atoms with E-state index in [1.165, 1.54) is 25.8 Å². The quantitative estimate of drug-likeness (QED) is 0.637. The molecule has 0 aromatic rings. The fourth-order valence-electron chi connectivity index (χ4n) is 1.42. The minimum atomic E-state index is 0.678. The molecule has 1 fully saturated rings. The minimum Gasteiger partial charge on any atom is -0.313 e. The van der Waals surface area contributed by atoms with Crippen LogP contribution < -0.4 is 10.6 Å². The van der Waals surface area contributed by atoms with Crippen molar-refractivity contribution in [1.29, 1.82) is 0 Å². The molecule has 0 bridgehead atoms. The summed E-state index contributed by atoms with van der Waals surface area (Å²) in [5, 5.41) is 6.99. The van der Waals surface area contributed by atoms with Gasteiger partial charge in [-0.15, -0.1) is 0 Å². The van der Waals surface area contributed by atoms with E-state index < -0.39 is 0 Å². The molecule has 0 amide bonds. The molecule has 0 aliphatic carbocycles. The molecule has 1 rings (SSSR count). The summed E-state index contributed by atoms with van der Waals surface area (Å²) in [4.78, 5) is 0. The Labute approximate surface area is 69.8 Å². The predicted molar refractivity (Wildman–Crippen MR) is 48.8 cm³/mol. The Bertz CT molecular complexity index is 97.7. The molecule has 2 atom stereocenters. The highest BCUT2D eigenvalue weighted by Gasteiger charge is 2.13. The maximum Gasteiger partial charge on any atom is 0.0193 e. The molecule has 0 saturated carbocycles. The van der Waals surface area contributed by atoms with Crippen molar-refractivity contribution in [2.24, 2.45) is 0 Å². The standard InChI is InChI=1S/C9H20N2/c1-3-8(2)11-7-9-5-4-6-10-9/h8-11H,3-7H2,1-2H3. The van der Waals surface area contributed by atoms with E-state index in [9.17, 15) is 0 Å². The lowest BCUT2D eigenvalue weighted by molar-refractivity contribution is 0.472. The number of hydrogen-bond acceptors (Lipinski definition) is 2. The van der Waals surface area contributed by atoms with Crippen molar-refractivity contribution in [3.05, 3.63) is 0 Å². The molecule has 2 N–H and O–H groups in total. The molecule has 2 nitrogen and oxygen atoms in total. The first-order valence-electron chi connectivity index (χ1n) is 4.79. The van der Waals surface area contributed by atoms with Gasteiger partial charge in [0.1, 0.15) is 0 Å². The Morgan fingerprint density at radius 1 is 1.64 bits per heavy atom. The second kappa shape index (κ2) is 4.73. The van der Waals surface area contributed by atoms with Gasteiger partial charge in [-0.25, -0.2) is 0 Å². The third kappa shape index (κ3) is 3.21. The van der Waals surface area contributed by atoms with Crippen LogP contribution >= 0.6 is 0 Å². The van der Waals surface area contributed by atoms with Crippen molar-refractivity contribution in [2.75, 3.05) is 13.1 Å². The van der Waals surface area contributed by atoms with Crippen molar-refractivity contribution in [2.45, 2.75) is 45.2 Å². The summed E-state index contributed by atoms with van der Waals surface area (Å²) in [5.41, 5.74) is 0. The van der Waals surface area contributed by atoms with E-state index >= 15 is 0 Å². The van der Waals surface area contributed by atoms with Gasteiger partial charge in [0.2, 0.25) is 0 Å². The highest BCUT2D eigenvalue weighted by atomic mass is 15.0. The van der Waals surface area contributed by atoms with E-state index in [2.05, 4.69) is 24.5 Å². The zero-order valence-corrected chi connectivity index (χ0v) is 7.69. The van der Waals surface area contributed by atoms with Crippen LogP contribution in [0.15, 0.2) is 0 Å². The van der Waals surface area contributed by atoms with Crippen LogP contribution in [0.4, 0.5) is 0 Å². The summed E-state index contributed by atoms with van der Waals surface area (Å²) in [6.07, 6.45) is 3.93. The average Bonchev–Trinajstić information content (AvgIpc) is 2.52. The lowest BCUT2D eigenvalue weighted by Crippen LogP contribution is -2.37. The van der Waals surface area contributed by atoms with Gasteiger partial charge in [-0.1, -0.05) is 6.92 Å². The third-order valence-electron chi connectivity index (χ3n) is 2.49. The normalized spacial score (nSPS) is 27.3. The van der Waals surface area contributed by atoms with Gasteiger partial charge >= 0.3 is 0 Å². The SMILES string of the molecule is CCC(C)NCC1CCCN1. The molecule has 0 radical (unpaired) electrons. The fourth-order valence-corrected chi connectivity index (χ4v) is 1.42. The van der Waals surface area contributed by atoms with Crippen molar-refractivity contribution < 1.29 is 0 Å². The Morgan fingerprint density at radius 2 is 2.45 bits per heavy atom. The van der Waals surface area contributed by atoms with Crippen LogP contribution in [0.5, 0.6) is 0 Å². The van der Waals surface area contributed by atoms with Gasteiger partial charge in [0.15, 0.2) is 0 Å². The van der Waals surface area contributed by atoms with Crippen LogP contribution in [0, 0.1) is 0 Å². The highest BCUT2D eigenvalue weighted by molar-refractivity contribution is 4.77. The van der Waals surface area contributed by atoms with Crippen LogP contribution in [0.3, 0.4) is 0 Å². The molecule has 11 heavy (non-hydrogen) atoms. The zero-order chi connectivity index (χ0) is 8.10. The molecule has 2 heteroatoms. The molecule has 1 aliphatic heterocycles. The molecule has 66 valence electrons. The summed E-state index contributed by atoms with van der Waals surface area (Å²) in [6, 6.07) is 1.42. The first-order chi connectivity index (χ1) is 5.33. The highest BCUT2D eigenvalue weighted by Crippen LogP contribution is 2.03. The molecule has 1 heterocycles. The van der Waals surface area contributed by atoms with E-state index in [-0.39, 0.29) is 0 Å². The smallest absolute Gasteiger partial charge is 0.0193 e. The Morgan fingerprint density at radius 3 is 3.00 bits per heavy atom. The molecule has 1 saturated heterocycles. The van der Waals surface area contributed by atoms with Crippen molar-refractivity contribution in [3.8, 4) is 0 Å². The lowest BCUT2D eigenvalue weighted by Gasteiger charge is -2.15. The van der Waals surface area contributed by atoms with Gasteiger partial charge in [-0.2, -0.15) is 0 Å². The van der Waals surface area contributed by atoms with Crippen molar-refractivity contribution >= 4 is 0 Å². The second-order valence-corrected chi connectivity index (χ2v) is 3.51. The van der Waals surface area contributed by atoms with Crippen molar-refractivity contribution in [3.63, 3.8) is 0 Å². The fraction of sp³-hybridized carbons (Fsp3) is 1.00. The van der Waals surface area contributed by atoms with Gasteiger partial charge in [0.05, 0.1) is 0 Å². The number of hydrogen-bond donors (Lipinski definition) is 2. The Kier molecular flexibility index (Phi) is 3.87. The Hall–Kier alpha value is -0.0800. The molecule has 1 aliphatic rings. The van der Waals surface area contributed by atoms with Crippen LogP contribution in [-0.2, 0) is 0 Å². The van der Waals surface area contributed by atoms with Crippen LogP contribution in [0.1, 0.15) is 33.1 Å². The molecular formula is C9H20N2. The van der Waals surface area contributed by atoms with Gasteiger partial charge in [-0.05, 0) is 32.7 Å². The summed E-state index contributed by atoms with van der Waals surface area (Å²) >= 11 is 0. The second-order valence-electron chi connectivity index (χ2n) is 3.51. The zero-order valence-electron chi connectivity index (χ0n) is 7.69. The van der Waals surface area contributed by atoms with E-state index in [0.717, 1.165) is 12.6 Å². The molecule has 0 aromatic carbocycles. The lowest BCUT2D eigenvalue weighted by atomic mass is 10.2. The summed E-state index contributed by atoms with van der Waals surface area (Å²) in [7, 11) is 0. The topological polar surface area (TPSA) is 24.1 Å². The average molecular weight is 156 g/mol. The van der Waals surface area contributed by atoms with E-state index in [1.54, 1.807) is 0 Å². The number of nitrogens with one attached hydrogen (secondary N) is 2. The summed E-state index contributed by atoms with van der Waals surface area (Å²) < 4.78 is 0. The molecule has 0 spiro atoms. The van der Waals surface area contributed by atoms with Gasteiger partial charge in [0, 0.05) is 18.6 Å². The van der Waals surface area contributed by atoms with Crippen LogP contribution in [0.25, 0.3) is 0 Å². The van der Waals surface area contributed by atoms with Gasteiger partial charge in [-0.3, -0.25) is 0 Å². The van der Waals surface area contributed by atoms with Gasteiger partial charge in [0.25, 0.3) is 0 Å². The maximum atomic E-state index is 3.51. The minimum absolute atomic E-state index is 0.678. The largest absolute Gasteiger partial charge is 0.313 e. The van der Waals surface area contributed by atoms with Crippen molar-refractivity contribution in [1.82, 2.24) is 10.6 Å². The predicted octanol–water partition coefficient (Wildman–Crippen LogP) is 1.13. The molecular weight excluding hydrogens is 136 g/mol. The first kappa shape index (κ1) is 9.01. The summed E-state index contributed by atoms with van der Waals surface area (Å²) in [6.45, 7) is 6.83. The monoisotopic (exact) mass is 156 g/mol. The number of rotatable bonds is 4. The third-order valence-corrected chi connectivity index (χ3v) is 2.49. The van der Waals surface area contributed by atoms with E-state index in [1.807, 2.05) is 0 Å². The molecule has 0 aromatic heterocycles. The molecule has 2 unspecified atom stereocenters. The first-order valence-corrected chi connectivity index (χ1v) is 4.79.